The summed E-state index contributed by atoms with van der Waals surface area (Å²) in [5.41, 5.74) is 2.81. The average molecular weight is 378 g/mol. The monoisotopic (exact) mass is 377 g/mol. The Morgan fingerprint density at radius 1 is 1.28 bits per heavy atom. The highest BCUT2D eigenvalue weighted by molar-refractivity contribution is 6.36. The largest absolute Gasteiger partial charge is 0.330 e. The lowest BCUT2D eigenvalue weighted by Gasteiger charge is -2.34. The number of aromatic nitrogens is 2. The van der Waals surface area contributed by atoms with E-state index in [1.54, 1.807) is 29.3 Å². The van der Waals surface area contributed by atoms with Crippen molar-refractivity contribution in [2.45, 2.75) is 19.4 Å². The van der Waals surface area contributed by atoms with E-state index in [1.807, 2.05) is 6.92 Å². The molecule has 0 fully saturated rings. The fraction of sp³-hybridized carbons (Fsp3) is 0.222. The van der Waals surface area contributed by atoms with E-state index in [0.717, 1.165) is 11.1 Å². The standard InChI is InChI=1S/C18H14Cl2FN3O/c1-10-14-7-13(21)3-2-11(14)4-5-23(10)18(25)16-8-17-15(20)6-12(19)9-24(17)22-16/h2-3,6-10H,4-5H2,1H3. The van der Waals surface area contributed by atoms with Crippen molar-refractivity contribution in [3.63, 3.8) is 0 Å². The summed E-state index contributed by atoms with van der Waals surface area (Å²) in [6, 6.07) is 7.77. The molecule has 0 spiro atoms. The molecular formula is C18H14Cl2FN3O. The molecule has 1 unspecified atom stereocenters. The first kappa shape index (κ1) is 16.4. The molecule has 1 aromatic carbocycles. The lowest BCUT2D eigenvalue weighted by atomic mass is 9.93. The van der Waals surface area contributed by atoms with Gasteiger partial charge >= 0.3 is 0 Å². The maximum atomic E-state index is 13.6. The van der Waals surface area contributed by atoms with Gasteiger partial charge in [-0.25, -0.2) is 8.91 Å². The van der Waals surface area contributed by atoms with Crippen molar-refractivity contribution < 1.29 is 9.18 Å². The molecule has 3 aromatic rings. The molecule has 128 valence electrons. The Balaban J connectivity index is 1.71. The van der Waals surface area contributed by atoms with E-state index in [9.17, 15) is 9.18 Å². The summed E-state index contributed by atoms with van der Waals surface area (Å²) in [4.78, 5) is 14.7. The zero-order chi connectivity index (χ0) is 17.7. The van der Waals surface area contributed by atoms with Crippen LogP contribution < -0.4 is 0 Å². The molecule has 0 N–H and O–H groups in total. The van der Waals surface area contributed by atoms with E-state index in [1.165, 1.54) is 16.6 Å². The number of rotatable bonds is 1. The number of hydrogen-bond acceptors (Lipinski definition) is 2. The number of amides is 1. The summed E-state index contributed by atoms with van der Waals surface area (Å²) in [6.45, 7) is 2.45. The summed E-state index contributed by atoms with van der Waals surface area (Å²) < 4.78 is 15.1. The summed E-state index contributed by atoms with van der Waals surface area (Å²) in [7, 11) is 0. The predicted octanol–water partition coefficient (Wildman–Crippen LogP) is 4.54. The molecule has 2 aromatic heterocycles. The van der Waals surface area contributed by atoms with Crippen LogP contribution in [0.4, 0.5) is 4.39 Å². The minimum Gasteiger partial charge on any atom is -0.330 e. The summed E-state index contributed by atoms with van der Waals surface area (Å²) >= 11 is 12.1. The van der Waals surface area contributed by atoms with Crippen molar-refractivity contribution in [2.24, 2.45) is 0 Å². The molecule has 0 saturated carbocycles. The highest BCUT2D eigenvalue weighted by Crippen LogP contribution is 2.31. The Morgan fingerprint density at radius 3 is 2.88 bits per heavy atom. The first-order valence-corrected chi connectivity index (χ1v) is 8.63. The Labute approximate surface area is 153 Å². The van der Waals surface area contributed by atoms with E-state index < -0.39 is 0 Å². The molecule has 1 atom stereocenters. The average Bonchev–Trinajstić information content (AvgIpc) is 2.99. The van der Waals surface area contributed by atoms with E-state index in [0.29, 0.717) is 28.5 Å². The molecular weight excluding hydrogens is 364 g/mol. The van der Waals surface area contributed by atoms with Crippen LogP contribution in [-0.2, 0) is 6.42 Å². The summed E-state index contributed by atoms with van der Waals surface area (Å²) in [6.07, 6.45) is 2.29. The maximum absolute atomic E-state index is 13.6. The van der Waals surface area contributed by atoms with Gasteiger partial charge in [0.25, 0.3) is 5.91 Å². The number of hydrogen-bond donors (Lipinski definition) is 0. The van der Waals surface area contributed by atoms with Crippen LogP contribution in [0.5, 0.6) is 0 Å². The van der Waals surface area contributed by atoms with Gasteiger partial charge in [0.15, 0.2) is 5.69 Å². The van der Waals surface area contributed by atoms with E-state index in [2.05, 4.69) is 5.10 Å². The molecule has 0 radical (unpaired) electrons. The summed E-state index contributed by atoms with van der Waals surface area (Å²) in [5.74, 6) is -0.507. The van der Waals surface area contributed by atoms with Gasteiger partial charge in [0.2, 0.25) is 0 Å². The number of carbonyl (C=O) groups excluding carboxylic acids is 1. The van der Waals surface area contributed by atoms with Crippen molar-refractivity contribution in [2.75, 3.05) is 6.54 Å². The predicted molar refractivity (Wildman–Crippen MR) is 94.8 cm³/mol. The number of fused-ring (bicyclic) bond motifs is 2. The molecule has 0 aliphatic carbocycles. The molecule has 7 heteroatoms. The lowest BCUT2D eigenvalue weighted by molar-refractivity contribution is 0.0671. The molecule has 4 rings (SSSR count). The molecule has 0 saturated heterocycles. The Morgan fingerprint density at radius 2 is 2.08 bits per heavy atom. The second-order valence-electron chi connectivity index (χ2n) is 6.13. The van der Waals surface area contributed by atoms with Crippen LogP contribution in [0.15, 0.2) is 36.5 Å². The van der Waals surface area contributed by atoms with Crippen molar-refractivity contribution >= 4 is 34.6 Å². The number of nitrogens with zero attached hydrogens (tertiary/aromatic N) is 3. The van der Waals surface area contributed by atoms with Crippen LogP contribution >= 0.6 is 23.2 Å². The second-order valence-corrected chi connectivity index (χ2v) is 6.98. The first-order valence-electron chi connectivity index (χ1n) is 7.88. The Bertz CT molecular complexity index is 1000. The molecule has 4 nitrogen and oxygen atoms in total. The van der Waals surface area contributed by atoms with E-state index in [-0.39, 0.29) is 23.5 Å². The molecule has 3 heterocycles. The van der Waals surface area contributed by atoms with Gasteiger partial charge in [-0.05, 0) is 48.7 Å². The van der Waals surface area contributed by atoms with Crippen molar-refractivity contribution in [3.05, 3.63) is 69.2 Å². The van der Waals surface area contributed by atoms with Crippen LogP contribution in [-0.4, -0.2) is 27.0 Å². The van der Waals surface area contributed by atoms with Gasteiger partial charge < -0.3 is 4.90 Å². The highest BCUT2D eigenvalue weighted by Gasteiger charge is 2.30. The second kappa shape index (κ2) is 6.00. The van der Waals surface area contributed by atoms with Crippen molar-refractivity contribution in [1.82, 2.24) is 14.5 Å². The Kier molecular flexibility index (Phi) is 3.93. The zero-order valence-electron chi connectivity index (χ0n) is 13.3. The zero-order valence-corrected chi connectivity index (χ0v) is 14.9. The first-order chi connectivity index (χ1) is 11.9. The topological polar surface area (TPSA) is 37.6 Å². The van der Waals surface area contributed by atoms with E-state index in [4.69, 9.17) is 23.2 Å². The van der Waals surface area contributed by atoms with E-state index >= 15 is 0 Å². The van der Waals surface area contributed by atoms with Crippen LogP contribution in [0, 0.1) is 5.82 Å². The van der Waals surface area contributed by atoms with Gasteiger partial charge in [-0.3, -0.25) is 4.79 Å². The maximum Gasteiger partial charge on any atom is 0.274 e. The third-order valence-electron chi connectivity index (χ3n) is 4.62. The van der Waals surface area contributed by atoms with Crippen molar-refractivity contribution in [1.29, 1.82) is 0 Å². The minimum absolute atomic E-state index is 0.210. The van der Waals surface area contributed by atoms with Gasteiger partial charge in [-0.1, -0.05) is 29.3 Å². The Hall–Kier alpha value is -2.11. The van der Waals surface area contributed by atoms with Gasteiger partial charge in [-0.2, -0.15) is 5.10 Å². The number of halogens is 3. The SMILES string of the molecule is CC1c2cc(F)ccc2CCN1C(=O)c1cc2c(Cl)cc(Cl)cn2n1. The summed E-state index contributed by atoms with van der Waals surface area (Å²) in [5, 5.41) is 5.17. The minimum atomic E-state index is -0.297. The number of pyridine rings is 1. The van der Waals surface area contributed by atoms with Gasteiger partial charge in [0.1, 0.15) is 5.82 Å². The van der Waals surface area contributed by atoms with Crippen molar-refractivity contribution in [3.8, 4) is 0 Å². The molecule has 0 bridgehead atoms. The van der Waals surface area contributed by atoms with Gasteiger partial charge in [0, 0.05) is 12.7 Å². The quantitative estimate of drug-likeness (QED) is 0.624. The molecule has 25 heavy (non-hydrogen) atoms. The van der Waals surface area contributed by atoms with Gasteiger partial charge in [0.05, 0.1) is 21.6 Å². The molecule has 1 aliphatic heterocycles. The van der Waals surface area contributed by atoms with Gasteiger partial charge in [-0.15, -0.1) is 0 Å². The lowest BCUT2D eigenvalue weighted by Crippen LogP contribution is -2.39. The van der Waals surface area contributed by atoms with Crippen LogP contribution in [0.2, 0.25) is 10.0 Å². The number of carbonyl (C=O) groups is 1. The third kappa shape index (κ3) is 2.77. The normalized spacial score (nSPS) is 17.0. The van der Waals surface area contributed by atoms with Crippen LogP contribution in [0.1, 0.15) is 34.6 Å². The molecule has 1 amide bonds. The van der Waals surface area contributed by atoms with Crippen LogP contribution in [0.3, 0.4) is 0 Å². The number of benzene rings is 1. The third-order valence-corrected chi connectivity index (χ3v) is 5.13. The van der Waals surface area contributed by atoms with Crippen LogP contribution in [0.25, 0.3) is 5.52 Å². The fourth-order valence-electron chi connectivity index (χ4n) is 3.33. The molecule has 1 aliphatic rings. The smallest absolute Gasteiger partial charge is 0.274 e. The highest BCUT2D eigenvalue weighted by atomic mass is 35.5. The fourth-order valence-corrected chi connectivity index (χ4v) is 3.85.